The average Bonchev–Trinajstić information content (AvgIpc) is 2.66. The summed E-state index contributed by atoms with van der Waals surface area (Å²) in [5.74, 6) is 0. The fourth-order valence-electron chi connectivity index (χ4n) is 1.94. The molecule has 0 amide bonds. The van der Waals surface area contributed by atoms with Crippen LogP contribution in [0.2, 0.25) is 0 Å². The van der Waals surface area contributed by atoms with Crippen LogP contribution in [0.5, 0.6) is 0 Å². The van der Waals surface area contributed by atoms with Gasteiger partial charge in [0.2, 0.25) is 0 Å². The highest BCUT2D eigenvalue weighted by Gasteiger charge is 2.05. The molecule has 0 unspecified atom stereocenters. The standard InChI is InChI=1S/C13H7BrN2/c14-9-2-4-13-11(6-9)10-5-8(7-15)1-3-12(10)16-13/h1-6,16H. The molecule has 76 valence electrons. The number of H-pyrrole nitrogens is 1. The van der Waals surface area contributed by atoms with Crippen molar-refractivity contribution < 1.29 is 0 Å². The number of benzene rings is 2. The number of halogens is 1. The fraction of sp³-hybridized carbons (Fsp3) is 0. The molecule has 2 nitrogen and oxygen atoms in total. The molecule has 16 heavy (non-hydrogen) atoms. The predicted octanol–water partition coefficient (Wildman–Crippen LogP) is 3.96. The van der Waals surface area contributed by atoms with E-state index in [0.29, 0.717) is 5.56 Å². The van der Waals surface area contributed by atoms with E-state index in [-0.39, 0.29) is 0 Å². The number of nitrogens with one attached hydrogen (secondary N) is 1. The van der Waals surface area contributed by atoms with Gasteiger partial charge in [0.05, 0.1) is 11.6 Å². The van der Waals surface area contributed by atoms with E-state index in [1.165, 1.54) is 0 Å². The molecule has 3 rings (SSSR count). The molecule has 1 heterocycles. The molecule has 1 N–H and O–H groups in total. The Morgan fingerprint density at radius 2 is 1.69 bits per heavy atom. The van der Waals surface area contributed by atoms with Gasteiger partial charge >= 0.3 is 0 Å². The van der Waals surface area contributed by atoms with Crippen molar-refractivity contribution >= 4 is 37.7 Å². The summed E-state index contributed by atoms with van der Waals surface area (Å²) < 4.78 is 1.04. The normalized spacial score (nSPS) is 10.8. The van der Waals surface area contributed by atoms with Crippen molar-refractivity contribution in [2.45, 2.75) is 0 Å². The maximum absolute atomic E-state index is 8.89. The summed E-state index contributed by atoms with van der Waals surface area (Å²) in [6, 6.07) is 14.0. The van der Waals surface area contributed by atoms with Gasteiger partial charge in [-0.3, -0.25) is 0 Å². The van der Waals surface area contributed by atoms with Crippen LogP contribution in [0, 0.1) is 11.3 Å². The third-order valence-electron chi connectivity index (χ3n) is 2.69. The van der Waals surface area contributed by atoms with Gasteiger partial charge in [0.15, 0.2) is 0 Å². The number of rotatable bonds is 0. The van der Waals surface area contributed by atoms with E-state index in [1.807, 2.05) is 30.3 Å². The van der Waals surface area contributed by atoms with Gasteiger partial charge in [-0.2, -0.15) is 5.26 Å². The Morgan fingerprint density at radius 1 is 1.00 bits per heavy atom. The van der Waals surface area contributed by atoms with Crippen molar-refractivity contribution in [1.29, 1.82) is 5.26 Å². The first-order valence-electron chi connectivity index (χ1n) is 4.89. The lowest BCUT2D eigenvalue weighted by Crippen LogP contribution is -1.73. The number of hydrogen-bond acceptors (Lipinski definition) is 1. The Balaban J connectivity index is 2.50. The number of nitrogens with zero attached hydrogens (tertiary/aromatic N) is 1. The number of nitriles is 1. The maximum atomic E-state index is 8.89. The largest absolute Gasteiger partial charge is 0.355 e. The molecule has 0 spiro atoms. The number of aromatic amines is 1. The molecule has 0 saturated heterocycles. The number of fused-ring (bicyclic) bond motifs is 3. The molecule has 2 aromatic carbocycles. The van der Waals surface area contributed by atoms with Crippen LogP contribution in [0.3, 0.4) is 0 Å². The molecule has 0 bridgehead atoms. The van der Waals surface area contributed by atoms with E-state index in [2.05, 4.69) is 33.0 Å². The molecule has 3 aromatic rings. The van der Waals surface area contributed by atoms with Gasteiger partial charge in [-0.05, 0) is 36.4 Å². The molecule has 0 radical (unpaired) electrons. The smallest absolute Gasteiger partial charge is 0.0991 e. The molecule has 0 aliphatic heterocycles. The van der Waals surface area contributed by atoms with Crippen molar-refractivity contribution in [3.8, 4) is 6.07 Å². The fourth-order valence-corrected chi connectivity index (χ4v) is 2.30. The SMILES string of the molecule is N#Cc1ccc2[nH]c3ccc(Br)cc3c2c1. The minimum Gasteiger partial charge on any atom is -0.355 e. The predicted molar refractivity (Wildman–Crippen MR) is 68.2 cm³/mol. The second kappa shape index (κ2) is 3.36. The number of hydrogen-bond donors (Lipinski definition) is 1. The van der Waals surface area contributed by atoms with Crippen LogP contribution < -0.4 is 0 Å². The Bertz CT molecular complexity index is 735. The first-order chi connectivity index (χ1) is 7.78. The molecule has 0 aliphatic carbocycles. The summed E-state index contributed by atoms with van der Waals surface area (Å²) in [6.45, 7) is 0. The van der Waals surface area contributed by atoms with Crippen LogP contribution >= 0.6 is 15.9 Å². The van der Waals surface area contributed by atoms with E-state index in [1.54, 1.807) is 0 Å². The van der Waals surface area contributed by atoms with Crippen molar-refractivity contribution in [1.82, 2.24) is 4.98 Å². The highest BCUT2D eigenvalue weighted by atomic mass is 79.9. The van der Waals surface area contributed by atoms with Crippen LogP contribution in [0.15, 0.2) is 40.9 Å². The second-order valence-corrected chi connectivity index (χ2v) is 4.60. The minimum atomic E-state index is 0.688. The Kier molecular flexibility index (Phi) is 1.98. The maximum Gasteiger partial charge on any atom is 0.0991 e. The van der Waals surface area contributed by atoms with Gasteiger partial charge in [0.1, 0.15) is 0 Å². The van der Waals surface area contributed by atoms with Crippen LogP contribution in [0.1, 0.15) is 5.56 Å². The molecular formula is C13H7BrN2. The van der Waals surface area contributed by atoms with E-state index >= 15 is 0 Å². The summed E-state index contributed by atoms with van der Waals surface area (Å²) in [5, 5.41) is 11.1. The third-order valence-corrected chi connectivity index (χ3v) is 3.18. The van der Waals surface area contributed by atoms with Gasteiger partial charge in [0.25, 0.3) is 0 Å². The van der Waals surface area contributed by atoms with Crippen molar-refractivity contribution in [2.24, 2.45) is 0 Å². The highest BCUT2D eigenvalue weighted by Crippen LogP contribution is 2.28. The molecule has 3 heteroatoms. The summed E-state index contributed by atoms with van der Waals surface area (Å²) >= 11 is 3.46. The van der Waals surface area contributed by atoms with Gasteiger partial charge in [-0.15, -0.1) is 0 Å². The summed E-state index contributed by atoms with van der Waals surface area (Å²) in [7, 11) is 0. The molecule has 0 aliphatic rings. The van der Waals surface area contributed by atoms with E-state index in [4.69, 9.17) is 5.26 Å². The van der Waals surface area contributed by atoms with Crippen LogP contribution in [0.4, 0.5) is 0 Å². The first-order valence-corrected chi connectivity index (χ1v) is 5.68. The lowest BCUT2D eigenvalue weighted by Gasteiger charge is -1.93. The van der Waals surface area contributed by atoms with Crippen molar-refractivity contribution in [3.05, 3.63) is 46.4 Å². The lowest BCUT2D eigenvalue weighted by molar-refractivity contribution is 1.49. The quantitative estimate of drug-likeness (QED) is 0.660. The third kappa shape index (κ3) is 1.31. The van der Waals surface area contributed by atoms with E-state index in [9.17, 15) is 0 Å². The monoisotopic (exact) mass is 270 g/mol. The second-order valence-electron chi connectivity index (χ2n) is 3.69. The summed E-state index contributed by atoms with van der Waals surface area (Å²) in [6.07, 6.45) is 0. The molecule has 0 fully saturated rings. The zero-order valence-corrected chi connectivity index (χ0v) is 9.88. The van der Waals surface area contributed by atoms with Gasteiger partial charge in [0, 0.05) is 26.3 Å². The van der Waals surface area contributed by atoms with Gasteiger partial charge < -0.3 is 4.98 Å². The van der Waals surface area contributed by atoms with Crippen LogP contribution in [0.25, 0.3) is 21.8 Å². The lowest BCUT2D eigenvalue weighted by atomic mass is 10.1. The van der Waals surface area contributed by atoms with Crippen molar-refractivity contribution in [3.63, 3.8) is 0 Å². The van der Waals surface area contributed by atoms with Gasteiger partial charge in [-0.1, -0.05) is 15.9 Å². The highest BCUT2D eigenvalue weighted by molar-refractivity contribution is 9.10. The topological polar surface area (TPSA) is 39.6 Å². The Hall–Kier alpha value is -1.79. The molecular weight excluding hydrogens is 264 g/mol. The van der Waals surface area contributed by atoms with Gasteiger partial charge in [-0.25, -0.2) is 0 Å². The van der Waals surface area contributed by atoms with E-state index < -0.39 is 0 Å². The Morgan fingerprint density at radius 3 is 2.44 bits per heavy atom. The minimum absolute atomic E-state index is 0.688. The van der Waals surface area contributed by atoms with Crippen LogP contribution in [-0.2, 0) is 0 Å². The first kappa shape index (κ1) is 9.44. The summed E-state index contributed by atoms with van der Waals surface area (Å²) in [4.78, 5) is 3.33. The molecule has 0 atom stereocenters. The van der Waals surface area contributed by atoms with Crippen molar-refractivity contribution in [2.75, 3.05) is 0 Å². The summed E-state index contributed by atoms with van der Waals surface area (Å²) in [5.41, 5.74) is 2.84. The van der Waals surface area contributed by atoms with E-state index in [0.717, 1.165) is 26.3 Å². The zero-order chi connectivity index (χ0) is 11.1. The number of aromatic nitrogens is 1. The van der Waals surface area contributed by atoms with Crippen LogP contribution in [-0.4, -0.2) is 4.98 Å². The molecule has 0 saturated carbocycles. The average molecular weight is 271 g/mol. The molecule has 1 aromatic heterocycles. The Labute approximate surface area is 101 Å². The zero-order valence-electron chi connectivity index (χ0n) is 8.29.